The summed E-state index contributed by atoms with van der Waals surface area (Å²) in [6.07, 6.45) is 9.10. The van der Waals surface area contributed by atoms with Crippen LogP contribution in [0, 0.1) is 5.92 Å². The molecule has 28 heavy (non-hydrogen) atoms. The van der Waals surface area contributed by atoms with E-state index in [4.69, 9.17) is 0 Å². The van der Waals surface area contributed by atoms with Crippen LogP contribution in [0.1, 0.15) is 36.5 Å². The third kappa shape index (κ3) is 3.23. The molecule has 1 fully saturated rings. The maximum atomic E-state index is 13.0. The Morgan fingerprint density at radius 3 is 2.86 bits per heavy atom. The van der Waals surface area contributed by atoms with Gasteiger partial charge in [0.2, 0.25) is 0 Å². The Hall–Kier alpha value is -2.89. The SMILES string of the molecule is CC/C=C1/C(C2CCN(C(=O)c3ccc4c(cnn4C)c3)CC2)=CNC1=NC. The highest BCUT2D eigenvalue weighted by Crippen LogP contribution is 2.33. The largest absolute Gasteiger partial charge is 0.346 e. The standard InChI is InChI=1S/C22H27N5O/c1-4-5-18-19(14-24-21(18)23-2)15-8-10-27(11-9-15)22(28)16-6-7-20-17(12-16)13-25-26(20)3/h5-7,12-15H,4,8-11H2,1-3H3,(H,23,24)/b18-5-. The van der Waals surface area contributed by atoms with Crippen molar-refractivity contribution in [2.45, 2.75) is 26.2 Å². The fraction of sp³-hybridized carbons (Fsp3) is 0.409. The molecule has 2 aromatic rings. The highest BCUT2D eigenvalue weighted by Gasteiger charge is 2.30. The summed E-state index contributed by atoms with van der Waals surface area (Å²) in [5.41, 5.74) is 4.36. The lowest BCUT2D eigenvalue weighted by Crippen LogP contribution is -2.39. The molecule has 2 aliphatic heterocycles. The molecule has 1 aromatic carbocycles. The van der Waals surface area contributed by atoms with Crippen LogP contribution in [0.15, 0.2) is 52.8 Å². The highest BCUT2D eigenvalue weighted by molar-refractivity contribution is 6.05. The van der Waals surface area contributed by atoms with E-state index in [9.17, 15) is 4.79 Å². The summed E-state index contributed by atoms with van der Waals surface area (Å²) in [6.45, 7) is 3.71. The molecule has 6 heteroatoms. The minimum atomic E-state index is 0.114. The quantitative estimate of drug-likeness (QED) is 0.893. The van der Waals surface area contributed by atoms with Crippen molar-refractivity contribution in [1.29, 1.82) is 0 Å². The van der Waals surface area contributed by atoms with Crippen molar-refractivity contribution in [3.63, 3.8) is 0 Å². The van der Waals surface area contributed by atoms with Crippen molar-refractivity contribution in [3.8, 4) is 0 Å². The Kier molecular flexibility index (Phi) is 5.03. The van der Waals surface area contributed by atoms with E-state index < -0.39 is 0 Å². The van der Waals surface area contributed by atoms with Crippen LogP contribution in [0.25, 0.3) is 10.9 Å². The number of allylic oxidation sites excluding steroid dienone is 1. The smallest absolute Gasteiger partial charge is 0.253 e. The van der Waals surface area contributed by atoms with E-state index in [0.717, 1.165) is 54.7 Å². The molecule has 1 aromatic heterocycles. The Balaban J connectivity index is 1.45. The Morgan fingerprint density at radius 2 is 2.14 bits per heavy atom. The van der Waals surface area contributed by atoms with E-state index >= 15 is 0 Å². The van der Waals surface area contributed by atoms with Crippen LogP contribution in [0.5, 0.6) is 0 Å². The van der Waals surface area contributed by atoms with Crippen LogP contribution in [-0.2, 0) is 7.05 Å². The molecule has 0 unspecified atom stereocenters. The molecule has 0 saturated carbocycles. The zero-order valence-electron chi connectivity index (χ0n) is 16.8. The van der Waals surface area contributed by atoms with Gasteiger partial charge in [0.1, 0.15) is 5.84 Å². The molecular formula is C22H27N5O. The lowest BCUT2D eigenvalue weighted by Gasteiger charge is -2.33. The minimum Gasteiger partial charge on any atom is -0.346 e. The molecule has 146 valence electrons. The number of nitrogens with one attached hydrogen (secondary N) is 1. The number of carbonyl (C=O) groups is 1. The van der Waals surface area contributed by atoms with Gasteiger partial charge in [-0.25, -0.2) is 0 Å². The van der Waals surface area contributed by atoms with Crippen molar-refractivity contribution < 1.29 is 4.79 Å². The maximum Gasteiger partial charge on any atom is 0.253 e. The van der Waals surface area contributed by atoms with Gasteiger partial charge in [0.15, 0.2) is 0 Å². The number of aryl methyl sites for hydroxylation is 1. The lowest BCUT2D eigenvalue weighted by atomic mass is 9.85. The molecule has 0 aliphatic carbocycles. The van der Waals surface area contributed by atoms with E-state index in [1.807, 2.05) is 48.1 Å². The lowest BCUT2D eigenvalue weighted by molar-refractivity contribution is 0.0703. The summed E-state index contributed by atoms with van der Waals surface area (Å²) in [6, 6.07) is 5.84. The molecule has 0 bridgehead atoms. The second kappa shape index (κ2) is 7.62. The molecule has 1 saturated heterocycles. The van der Waals surface area contributed by atoms with Gasteiger partial charge >= 0.3 is 0 Å². The fourth-order valence-electron chi connectivity index (χ4n) is 4.25. The topological polar surface area (TPSA) is 62.5 Å². The van der Waals surface area contributed by atoms with Gasteiger partial charge in [-0.15, -0.1) is 0 Å². The van der Waals surface area contributed by atoms with Crippen LogP contribution in [0.4, 0.5) is 0 Å². The van der Waals surface area contributed by atoms with E-state index in [0.29, 0.717) is 5.92 Å². The predicted octanol–water partition coefficient (Wildman–Crippen LogP) is 3.28. The molecule has 2 aliphatic rings. The fourth-order valence-corrected chi connectivity index (χ4v) is 4.25. The Labute approximate surface area is 165 Å². The first-order valence-electron chi connectivity index (χ1n) is 9.97. The van der Waals surface area contributed by atoms with Gasteiger partial charge in [0.25, 0.3) is 5.91 Å². The van der Waals surface area contributed by atoms with Crippen molar-refractivity contribution in [1.82, 2.24) is 20.0 Å². The van der Waals surface area contributed by atoms with E-state index in [1.54, 1.807) is 0 Å². The van der Waals surface area contributed by atoms with E-state index in [-0.39, 0.29) is 5.91 Å². The van der Waals surface area contributed by atoms with Crippen LogP contribution in [0.2, 0.25) is 0 Å². The van der Waals surface area contributed by atoms with Crippen molar-refractivity contribution in [2.75, 3.05) is 20.1 Å². The number of rotatable bonds is 3. The zero-order chi connectivity index (χ0) is 19.7. The van der Waals surface area contributed by atoms with Gasteiger partial charge in [0.05, 0.1) is 11.7 Å². The summed E-state index contributed by atoms with van der Waals surface area (Å²) in [5, 5.41) is 8.57. The number of piperidine rings is 1. The Bertz CT molecular complexity index is 990. The predicted molar refractivity (Wildman–Crippen MR) is 112 cm³/mol. The number of nitrogens with zero attached hydrogens (tertiary/aromatic N) is 4. The first-order valence-corrected chi connectivity index (χ1v) is 9.97. The van der Waals surface area contributed by atoms with Gasteiger partial charge in [0, 0.05) is 49.9 Å². The number of aromatic nitrogens is 2. The number of amides is 1. The molecular weight excluding hydrogens is 350 g/mol. The number of aliphatic imine (C=N–C) groups is 1. The average Bonchev–Trinajstić information content (AvgIpc) is 3.31. The molecule has 0 atom stereocenters. The van der Waals surface area contributed by atoms with Gasteiger partial charge < -0.3 is 10.2 Å². The first-order chi connectivity index (χ1) is 13.6. The summed E-state index contributed by atoms with van der Waals surface area (Å²) in [7, 11) is 3.74. The average molecular weight is 377 g/mol. The highest BCUT2D eigenvalue weighted by atomic mass is 16.2. The van der Waals surface area contributed by atoms with Crippen molar-refractivity contribution in [3.05, 3.63) is 53.4 Å². The number of hydrogen-bond acceptors (Lipinski definition) is 3. The molecule has 3 heterocycles. The van der Waals surface area contributed by atoms with Crippen molar-refractivity contribution >= 4 is 22.6 Å². The maximum absolute atomic E-state index is 13.0. The van der Waals surface area contributed by atoms with E-state index in [2.05, 4.69) is 34.6 Å². The molecule has 6 nitrogen and oxygen atoms in total. The summed E-state index contributed by atoms with van der Waals surface area (Å²) >= 11 is 0. The molecule has 0 radical (unpaired) electrons. The number of carbonyl (C=O) groups excluding carboxylic acids is 1. The van der Waals surface area contributed by atoms with Gasteiger partial charge in [-0.3, -0.25) is 14.5 Å². The van der Waals surface area contributed by atoms with E-state index in [1.165, 1.54) is 11.1 Å². The van der Waals surface area contributed by atoms with Crippen LogP contribution >= 0.6 is 0 Å². The van der Waals surface area contributed by atoms with Gasteiger partial charge in [-0.05, 0) is 49.0 Å². The number of likely N-dealkylation sites (tertiary alicyclic amines) is 1. The second-order valence-electron chi connectivity index (χ2n) is 7.45. The zero-order valence-corrected chi connectivity index (χ0v) is 16.8. The van der Waals surface area contributed by atoms with Crippen LogP contribution < -0.4 is 5.32 Å². The van der Waals surface area contributed by atoms with Crippen LogP contribution in [-0.4, -0.2) is 46.6 Å². The third-order valence-electron chi connectivity index (χ3n) is 5.78. The number of fused-ring (bicyclic) bond motifs is 1. The monoisotopic (exact) mass is 377 g/mol. The summed E-state index contributed by atoms with van der Waals surface area (Å²) in [4.78, 5) is 19.3. The summed E-state index contributed by atoms with van der Waals surface area (Å²) in [5.74, 6) is 1.54. The summed E-state index contributed by atoms with van der Waals surface area (Å²) < 4.78 is 1.83. The number of benzene rings is 1. The number of amidine groups is 1. The number of hydrogen-bond donors (Lipinski definition) is 1. The molecule has 1 N–H and O–H groups in total. The first kappa shape index (κ1) is 18.5. The molecule has 0 spiro atoms. The third-order valence-corrected chi connectivity index (χ3v) is 5.78. The van der Waals surface area contributed by atoms with Crippen molar-refractivity contribution in [2.24, 2.45) is 18.0 Å². The minimum absolute atomic E-state index is 0.114. The molecule has 4 rings (SSSR count). The van der Waals surface area contributed by atoms with Gasteiger partial charge in [-0.1, -0.05) is 13.0 Å². The molecule has 1 amide bonds. The normalized spacial score (nSPS) is 20.8. The van der Waals surface area contributed by atoms with Crippen LogP contribution in [0.3, 0.4) is 0 Å². The Morgan fingerprint density at radius 1 is 1.36 bits per heavy atom. The van der Waals surface area contributed by atoms with Gasteiger partial charge in [-0.2, -0.15) is 5.10 Å². The second-order valence-corrected chi connectivity index (χ2v) is 7.45.